The fraction of sp³-hybridized carbons (Fsp3) is 0.429. The number of aromatic nitrogens is 2. The first-order valence-corrected chi connectivity index (χ1v) is 6.63. The number of rotatable bonds is 6. The van der Waals surface area contributed by atoms with E-state index >= 15 is 0 Å². The Morgan fingerprint density at radius 3 is 3.00 bits per heavy atom. The number of anilines is 2. The number of pyridine rings is 2. The highest BCUT2D eigenvalue weighted by molar-refractivity contribution is 5.89. The number of fused-ring (bicyclic) bond motifs is 1. The molecule has 5 heteroatoms. The predicted molar refractivity (Wildman–Crippen MR) is 78.0 cm³/mol. The average Bonchev–Trinajstić information content (AvgIpc) is 2.39. The quantitative estimate of drug-likeness (QED) is 0.741. The lowest BCUT2D eigenvalue weighted by Crippen LogP contribution is -2.21. The summed E-state index contributed by atoms with van der Waals surface area (Å²) in [6, 6.07) is 5.76. The van der Waals surface area contributed by atoms with Gasteiger partial charge in [0.2, 0.25) is 0 Å². The molecule has 1 atom stereocenters. The van der Waals surface area contributed by atoms with Crippen molar-refractivity contribution in [2.45, 2.75) is 32.2 Å². The molecule has 0 aliphatic heterocycles. The number of aliphatic hydroxyl groups excluding tert-OH is 1. The second-order valence-electron chi connectivity index (χ2n) is 4.61. The number of hydrogen-bond acceptors (Lipinski definition) is 5. The molecule has 2 aromatic heterocycles. The van der Waals surface area contributed by atoms with Crippen LogP contribution in [0.25, 0.3) is 11.0 Å². The molecule has 0 bridgehead atoms. The first kappa shape index (κ1) is 13.5. The molecule has 2 aromatic rings. The summed E-state index contributed by atoms with van der Waals surface area (Å²) < 4.78 is 0. The lowest BCUT2D eigenvalue weighted by molar-refractivity contribution is 0.276. The molecule has 0 aromatic carbocycles. The van der Waals surface area contributed by atoms with Crippen molar-refractivity contribution in [2.24, 2.45) is 0 Å². The molecule has 0 spiro atoms. The van der Waals surface area contributed by atoms with Crippen LogP contribution in [0.5, 0.6) is 0 Å². The predicted octanol–water partition coefficient (Wildman–Crippen LogP) is 2.17. The Kier molecular flexibility index (Phi) is 4.52. The monoisotopic (exact) mass is 260 g/mol. The van der Waals surface area contributed by atoms with E-state index in [1.165, 1.54) is 0 Å². The molecule has 2 rings (SSSR count). The number of hydrogen-bond donors (Lipinski definition) is 3. The highest BCUT2D eigenvalue weighted by atomic mass is 16.3. The second kappa shape index (κ2) is 6.33. The van der Waals surface area contributed by atoms with Gasteiger partial charge >= 0.3 is 0 Å². The zero-order valence-corrected chi connectivity index (χ0v) is 11.1. The summed E-state index contributed by atoms with van der Waals surface area (Å²) in [5.74, 6) is 0.474. The summed E-state index contributed by atoms with van der Waals surface area (Å²) in [6.45, 7) is 2.30. The molecule has 4 N–H and O–H groups in total. The van der Waals surface area contributed by atoms with Crippen molar-refractivity contribution in [3.63, 3.8) is 0 Å². The second-order valence-corrected chi connectivity index (χ2v) is 4.61. The minimum atomic E-state index is 0.170. The van der Waals surface area contributed by atoms with Gasteiger partial charge in [0.05, 0.1) is 11.2 Å². The van der Waals surface area contributed by atoms with E-state index in [4.69, 9.17) is 10.8 Å². The highest BCUT2D eigenvalue weighted by Crippen LogP contribution is 2.23. The zero-order chi connectivity index (χ0) is 13.7. The van der Waals surface area contributed by atoms with Crippen LogP contribution in [0.1, 0.15) is 26.2 Å². The lowest BCUT2D eigenvalue weighted by atomic mass is 10.1. The van der Waals surface area contributed by atoms with Gasteiger partial charge in [-0.3, -0.25) is 4.98 Å². The first-order chi connectivity index (χ1) is 9.24. The van der Waals surface area contributed by atoms with Crippen LogP contribution in [0.4, 0.5) is 11.5 Å². The molecule has 0 saturated carbocycles. The maximum absolute atomic E-state index is 9.12. The molecule has 0 amide bonds. The summed E-state index contributed by atoms with van der Waals surface area (Å²) in [5, 5.41) is 12.5. The van der Waals surface area contributed by atoms with E-state index in [-0.39, 0.29) is 12.6 Å². The van der Waals surface area contributed by atoms with Crippen molar-refractivity contribution < 1.29 is 5.11 Å². The molecule has 0 aliphatic carbocycles. The van der Waals surface area contributed by atoms with Gasteiger partial charge in [-0.05, 0) is 25.0 Å². The SMILES string of the molecule is CCC[C@@H](CCO)Nc1cc(N)nc2cccnc12. The molecule has 0 unspecified atom stereocenters. The van der Waals surface area contributed by atoms with Crippen LogP contribution in [-0.2, 0) is 0 Å². The largest absolute Gasteiger partial charge is 0.396 e. The standard InChI is InChI=1S/C14H20N4O/c1-2-4-10(6-8-19)17-12-9-13(15)18-11-5-3-7-16-14(11)12/h3,5,7,9-10,19H,2,4,6,8H2,1H3,(H3,15,17,18)/t10-/m0/s1. The Hall–Kier alpha value is -1.88. The van der Waals surface area contributed by atoms with E-state index in [1.807, 2.05) is 12.1 Å². The number of aliphatic hydroxyl groups is 1. The smallest absolute Gasteiger partial charge is 0.126 e. The maximum Gasteiger partial charge on any atom is 0.126 e. The molecular formula is C14H20N4O. The summed E-state index contributed by atoms with van der Waals surface area (Å²) in [7, 11) is 0. The third kappa shape index (κ3) is 3.32. The summed E-state index contributed by atoms with van der Waals surface area (Å²) in [6.07, 6.45) is 4.51. The van der Waals surface area contributed by atoms with Crippen molar-refractivity contribution in [1.29, 1.82) is 0 Å². The van der Waals surface area contributed by atoms with E-state index < -0.39 is 0 Å². The van der Waals surface area contributed by atoms with Crippen LogP contribution >= 0.6 is 0 Å². The van der Waals surface area contributed by atoms with E-state index in [1.54, 1.807) is 12.3 Å². The fourth-order valence-corrected chi connectivity index (χ4v) is 2.21. The van der Waals surface area contributed by atoms with Gasteiger partial charge in [-0.2, -0.15) is 0 Å². The third-order valence-corrected chi connectivity index (χ3v) is 3.06. The maximum atomic E-state index is 9.12. The van der Waals surface area contributed by atoms with Crippen LogP contribution in [-0.4, -0.2) is 27.7 Å². The van der Waals surface area contributed by atoms with Crippen molar-refractivity contribution in [3.05, 3.63) is 24.4 Å². The fourth-order valence-electron chi connectivity index (χ4n) is 2.21. The zero-order valence-electron chi connectivity index (χ0n) is 11.1. The van der Waals surface area contributed by atoms with Crippen molar-refractivity contribution in [1.82, 2.24) is 9.97 Å². The molecule has 0 fully saturated rings. The molecule has 0 saturated heterocycles. The number of nitrogens with one attached hydrogen (secondary N) is 1. The minimum absolute atomic E-state index is 0.170. The van der Waals surface area contributed by atoms with Crippen molar-refractivity contribution in [2.75, 3.05) is 17.7 Å². The van der Waals surface area contributed by atoms with Crippen molar-refractivity contribution in [3.8, 4) is 0 Å². The van der Waals surface area contributed by atoms with Gasteiger partial charge in [0.25, 0.3) is 0 Å². The highest BCUT2D eigenvalue weighted by Gasteiger charge is 2.11. The van der Waals surface area contributed by atoms with Gasteiger partial charge in [0, 0.05) is 24.9 Å². The molecule has 5 nitrogen and oxygen atoms in total. The molecule has 2 heterocycles. The van der Waals surface area contributed by atoms with Crippen LogP contribution in [0.15, 0.2) is 24.4 Å². The van der Waals surface area contributed by atoms with Gasteiger partial charge in [-0.15, -0.1) is 0 Å². The Bertz CT molecular complexity index is 538. The van der Waals surface area contributed by atoms with E-state index in [9.17, 15) is 0 Å². The van der Waals surface area contributed by atoms with Crippen LogP contribution in [0.3, 0.4) is 0 Å². The first-order valence-electron chi connectivity index (χ1n) is 6.63. The minimum Gasteiger partial charge on any atom is -0.396 e. The topological polar surface area (TPSA) is 84.1 Å². The average molecular weight is 260 g/mol. The number of nitrogens with two attached hydrogens (primary N) is 1. The Morgan fingerprint density at radius 1 is 1.42 bits per heavy atom. The number of nitrogens with zero attached hydrogens (tertiary/aromatic N) is 2. The van der Waals surface area contributed by atoms with Gasteiger partial charge in [-0.25, -0.2) is 4.98 Å². The normalized spacial score (nSPS) is 12.5. The lowest BCUT2D eigenvalue weighted by Gasteiger charge is -2.19. The van der Waals surface area contributed by atoms with Crippen LogP contribution in [0, 0.1) is 0 Å². The van der Waals surface area contributed by atoms with E-state index in [2.05, 4.69) is 22.2 Å². The summed E-state index contributed by atoms with van der Waals surface area (Å²) in [4.78, 5) is 8.61. The van der Waals surface area contributed by atoms with Crippen LogP contribution < -0.4 is 11.1 Å². The Balaban J connectivity index is 2.32. The molecule has 0 radical (unpaired) electrons. The molecule has 102 valence electrons. The molecule has 19 heavy (non-hydrogen) atoms. The summed E-state index contributed by atoms with van der Waals surface area (Å²) in [5.41, 5.74) is 8.30. The van der Waals surface area contributed by atoms with E-state index in [0.717, 1.165) is 29.6 Å². The Labute approximate surface area is 112 Å². The molecular weight excluding hydrogens is 240 g/mol. The summed E-state index contributed by atoms with van der Waals surface area (Å²) >= 11 is 0. The van der Waals surface area contributed by atoms with Gasteiger partial charge in [0.1, 0.15) is 11.3 Å². The third-order valence-electron chi connectivity index (χ3n) is 3.06. The van der Waals surface area contributed by atoms with Gasteiger partial charge in [-0.1, -0.05) is 13.3 Å². The van der Waals surface area contributed by atoms with Gasteiger partial charge in [0.15, 0.2) is 0 Å². The van der Waals surface area contributed by atoms with Crippen LogP contribution in [0.2, 0.25) is 0 Å². The van der Waals surface area contributed by atoms with Crippen molar-refractivity contribution >= 4 is 22.5 Å². The Morgan fingerprint density at radius 2 is 2.26 bits per heavy atom. The van der Waals surface area contributed by atoms with Gasteiger partial charge < -0.3 is 16.2 Å². The molecule has 0 aliphatic rings. The number of nitrogen functional groups attached to an aromatic ring is 1. The van der Waals surface area contributed by atoms with E-state index in [0.29, 0.717) is 12.2 Å².